The Hall–Kier alpha value is -1.36. The van der Waals surface area contributed by atoms with Crippen LogP contribution in [0.5, 0.6) is 5.75 Å². The summed E-state index contributed by atoms with van der Waals surface area (Å²) in [5, 5.41) is 8.99. The molecule has 0 amide bonds. The summed E-state index contributed by atoms with van der Waals surface area (Å²) in [5.41, 5.74) is 3.21. The zero-order valence-electron chi connectivity index (χ0n) is 13.3. The molecule has 0 saturated carbocycles. The van der Waals surface area contributed by atoms with Crippen LogP contribution in [0.3, 0.4) is 0 Å². The highest BCUT2D eigenvalue weighted by Crippen LogP contribution is 2.43. The number of aliphatic hydroxyl groups is 1. The van der Waals surface area contributed by atoms with Gasteiger partial charge < -0.3 is 19.3 Å². The monoisotopic (exact) mass is 292 g/mol. The molecule has 1 N–H and O–H groups in total. The Morgan fingerprint density at radius 3 is 2.62 bits per heavy atom. The number of aliphatic hydroxyl groups excluding tert-OH is 1. The molecule has 0 bridgehead atoms. The molecule has 0 unspecified atom stereocenters. The summed E-state index contributed by atoms with van der Waals surface area (Å²) in [5.74, 6) is 0.159. The van der Waals surface area contributed by atoms with Crippen LogP contribution in [-0.4, -0.2) is 30.7 Å². The van der Waals surface area contributed by atoms with E-state index >= 15 is 0 Å². The van der Waals surface area contributed by atoms with E-state index in [0.29, 0.717) is 0 Å². The van der Waals surface area contributed by atoms with Gasteiger partial charge in [0.15, 0.2) is 5.79 Å². The first-order chi connectivity index (χ1) is 9.88. The van der Waals surface area contributed by atoms with E-state index in [0.717, 1.165) is 22.4 Å². The lowest BCUT2D eigenvalue weighted by molar-refractivity contribution is -0.143. The second-order valence-corrected chi connectivity index (χ2v) is 5.84. The van der Waals surface area contributed by atoms with E-state index < -0.39 is 5.79 Å². The average molecular weight is 292 g/mol. The number of hydrogen-bond acceptors (Lipinski definition) is 4. The van der Waals surface area contributed by atoms with Gasteiger partial charge in [0.1, 0.15) is 18.0 Å². The largest absolute Gasteiger partial charge is 0.496 e. The Bertz CT molecular complexity index is 534. The van der Waals surface area contributed by atoms with Crippen LogP contribution in [0, 0.1) is 13.8 Å². The lowest BCUT2D eigenvalue weighted by Crippen LogP contribution is -2.20. The fraction of sp³-hybridized carbons (Fsp3) is 0.529. The van der Waals surface area contributed by atoms with E-state index in [1.807, 2.05) is 26.8 Å². The summed E-state index contributed by atoms with van der Waals surface area (Å²) >= 11 is 0. The molecular weight excluding hydrogens is 268 g/mol. The molecule has 2 atom stereocenters. The van der Waals surface area contributed by atoms with Gasteiger partial charge in [-0.15, -0.1) is 0 Å². The molecule has 116 valence electrons. The minimum atomic E-state index is -0.669. The van der Waals surface area contributed by atoms with E-state index in [1.54, 1.807) is 13.2 Å². The van der Waals surface area contributed by atoms with Crippen molar-refractivity contribution in [2.24, 2.45) is 0 Å². The molecule has 2 rings (SSSR count). The predicted molar refractivity (Wildman–Crippen MR) is 81.5 cm³/mol. The number of ether oxygens (including phenoxy) is 3. The van der Waals surface area contributed by atoms with Crippen molar-refractivity contribution >= 4 is 0 Å². The van der Waals surface area contributed by atoms with Gasteiger partial charge in [-0.3, -0.25) is 0 Å². The maximum atomic E-state index is 8.99. The van der Waals surface area contributed by atoms with E-state index in [-0.39, 0.29) is 18.8 Å². The van der Waals surface area contributed by atoms with Crippen molar-refractivity contribution in [2.75, 3.05) is 13.7 Å². The van der Waals surface area contributed by atoms with Crippen LogP contribution in [0.2, 0.25) is 0 Å². The van der Waals surface area contributed by atoms with Gasteiger partial charge in [-0.05, 0) is 39.3 Å². The first-order valence-electron chi connectivity index (χ1n) is 7.16. The third kappa shape index (κ3) is 3.46. The second-order valence-electron chi connectivity index (χ2n) is 5.84. The Morgan fingerprint density at radius 2 is 2.00 bits per heavy atom. The first-order valence-corrected chi connectivity index (χ1v) is 7.16. The summed E-state index contributed by atoms with van der Waals surface area (Å²) < 4.78 is 17.5. The van der Waals surface area contributed by atoms with Gasteiger partial charge in [0.25, 0.3) is 0 Å². The van der Waals surface area contributed by atoms with Crippen molar-refractivity contribution in [3.05, 3.63) is 41.0 Å². The summed E-state index contributed by atoms with van der Waals surface area (Å²) in [7, 11) is 1.67. The molecule has 1 aliphatic heterocycles. The van der Waals surface area contributed by atoms with E-state index in [9.17, 15) is 0 Å². The predicted octanol–water partition coefficient (Wildman–Crippen LogP) is 3.05. The van der Waals surface area contributed by atoms with Crippen LogP contribution in [0.15, 0.2) is 24.3 Å². The van der Waals surface area contributed by atoms with Crippen molar-refractivity contribution < 1.29 is 19.3 Å². The molecular formula is C17H24O4. The van der Waals surface area contributed by atoms with Crippen molar-refractivity contribution in [3.63, 3.8) is 0 Å². The third-order valence-electron chi connectivity index (χ3n) is 3.52. The summed E-state index contributed by atoms with van der Waals surface area (Å²) in [4.78, 5) is 0. The number of rotatable bonds is 4. The highest BCUT2D eigenvalue weighted by atomic mass is 16.7. The molecule has 0 aromatic heterocycles. The molecule has 1 saturated heterocycles. The Morgan fingerprint density at radius 1 is 1.29 bits per heavy atom. The number of hydrogen-bond donors (Lipinski definition) is 1. The van der Waals surface area contributed by atoms with Gasteiger partial charge in [0.05, 0.1) is 13.7 Å². The third-order valence-corrected chi connectivity index (χ3v) is 3.52. The van der Waals surface area contributed by atoms with Crippen LogP contribution in [-0.2, 0) is 9.47 Å². The quantitative estimate of drug-likeness (QED) is 0.867. The lowest BCUT2D eigenvalue weighted by atomic mass is 9.98. The van der Waals surface area contributed by atoms with Gasteiger partial charge in [0, 0.05) is 5.56 Å². The second kappa shape index (κ2) is 6.18. The maximum absolute atomic E-state index is 8.99. The van der Waals surface area contributed by atoms with Crippen LogP contribution < -0.4 is 4.74 Å². The van der Waals surface area contributed by atoms with E-state index in [4.69, 9.17) is 19.3 Å². The molecule has 1 heterocycles. The zero-order valence-corrected chi connectivity index (χ0v) is 13.3. The Labute approximate surface area is 126 Å². The average Bonchev–Trinajstić information content (AvgIpc) is 2.70. The number of aryl methyl sites for hydroxylation is 2. The molecule has 1 aromatic rings. The topological polar surface area (TPSA) is 47.9 Å². The molecule has 0 spiro atoms. The first kappa shape index (κ1) is 16.0. The van der Waals surface area contributed by atoms with Crippen LogP contribution in [0.4, 0.5) is 0 Å². The van der Waals surface area contributed by atoms with Crippen LogP contribution >= 0.6 is 0 Å². The molecule has 1 aliphatic rings. The van der Waals surface area contributed by atoms with Gasteiger partial charge >= 0.3 is 0 Å². The van der Waals surface area contributed by atoms with Gasteiger partial charge in [-0.2, -0.15) is 0 Å². The highest BCUT2D eigenvalue weighted by Gasteiger charge is 2.42. The normalized spacial score (nSPS) is 24.7. The molecule has 1 aromatic carbocycles. The minimum absolute atomic E-state index is 0.0169. The Balaban J connectivity index is 2.45. The zero-order chi connectivity index (χ0) is 15.6. The summed E-state index contributed by atoms with van der Waals surface area (Å²) in [6.45, 7) is 7.84. The Kier molecular flexibility index (Phi) is 4.71. The molecule has 4 heteroatoms. The number of benzene rings is 1. The SMILES string of the molecule is COc1c(C)cc(C)cc1[C@H]1OC(C)(C)O[C@@H]1/C=C/CO. The fourth-order valence-corrected chi connectivity index (χ4v) is 2.84. The minimum Gasteiger partial charge on any atom is -0.496 e. The van der Waals surface area contributed by atoms with Crippen molar-refractivity contribution in [2.45, 2.75) is 45.7 Å². The standard InChI is InChI=1S/C17H24O4/c1-11-9-12(2)15(19-5)13(10-11)16-14(7-6-8-18)20-17(3,4)21-16/h6-7,9-10,14,16,18H,8H2,1-5H3/b7-6+/t14-,16-/m1/s1. The molecule has 1 fully saturated rings. The van der Waals surface area contributed by atoms with Crippen molar-refractivity contribution in [1.29, 1.82) is 0 Å². The fourth-order valence-electron chi connectivity index (χ4n) is 2.84. The summed E-state index contributed by atoms with van der Waals surface area (Å²) in [6.07, 6.45) is 3.02. The van der Waals surface area contributed by atoms with Gasteiger partial charge in [-0.1, -0.05) is 23.8 Å². The summed E-state index contributed by atoms with van der Waals surface area (Å²) in [6, 6.07) is 4.16. The van der Waals surface area contributed by atoms with Crippen molar-refractivity contribution in [3.8, 4) is 5.75 Å². The van der Waals surface area contributed by atoms with Crippen LogP contribution in [0.1, 0.15) is 36.6 Å². The van der Waals surface area contributed by atoms with E-state index in [2.05, 4.69) is 19.1 Å². The van der Waals surface area contributed by atoms with Gasteiger partial charge in [0.2, 0.25) is 0 Å². The van der Waals surface area contributed by atoms with E-state index in [1.165, 1.54) is 0 Å². The molecule has 21 heavy (non-hydrogen) atoms. The van der Waals surface area contributed by atoms with Gasteiger partial charge in [-0.25, -0.2) is 0 Å². The lowest BCUT2D eigenvalue weighted by Gasteiger charge is -2.20. The maximum Gasteiger partial charge on any atom is 0.164 e. The van der Waals surface area contributed by atoms with Crippen LogP contribution in [0.25, 0.3) is 0 Å². The van der Waals surface area contributed by atoms with Crippen molar-refractivity contribution in [1.82, 2.24) is 0 Å². The molecule has 0 radical (unpaired) electrons. The molecule has 0 aliphatic carbocycles. The number of methoxy groups -OCH3 is 1. The smallest absolute Gasteiger partial charge is 0.164 e. The molecule has 4 nitrogen and oxygen atoms in total. The highest BCUT2D eigenvalue weighted by molar-refractivity contribution is 5.46.